The van der Waals surface area contributed by atoms with Gasteiger partial charge in [-0.2, -0.15) is 0 Å². The Morgan fingerprint density at radius 1 is 1.22 bits per heavy atom. The van der Waals surface area contributed by atoms with Crippen LogP contribution in [0.2, 0.25) is 0 Å². The minimum Gasteiger partial charge on any atom is -0.505 e. The van der Waals surface area contributed by atoms with Gasteiger partial charge < -0.3 is 24.0 Å². The summed E-state index contributed by atoms with van der Waals surface area (Å²) < 4.78 is 7.57. The van der Waals surface area contributed by atoms with Crippen LogP contribution in [0.1, 0.15) is 35.0 Å². The van der Waals surface area contributed by atoms with Crippen LogP contribution < -0.4 is 4.74 Å². The number of rotatable bonds is 9. The van der Waals surface area contributed by atoms with Gasteiger partial charge in [0.05, 0.1) is 17.3 Å². The zero-order valence-electron chi connectivity index (χ0n) is 21.2. The number of aliphatic hydroxyl groups excluding tert-OH is 1. The van der Waals surface area contributed by atoms with Crippen molar-refractivity contribution in [2.24, 2.45) is 0 Å². The van der Waals surface area contributed by atoms with Gasteiger partial charge in [-0.1, -0.05) is 30.9 Å². The van der Waals surface area contributed by atoms with Crippen LogP contribution in [0.4, 0.5) is 0 Å². The summed E-state index contributed by atoms with van der Waals surface area (Å²) in [6.45, 7) is 8.89. The molecule has 0 spiro atoms. The van der Waals surface area contributed by atoms with E-state index in [1.807, 2.05) is 67.7 Å². The van der Waals surface area contributed by atoms with Crippen molar-refractivity contribution in [1.82, 2.24) is 19.2 Å². The number of fused-ring (bicyclic) bond motifs is 1. The molecule has 3 aromatic rings. The summed E-state index contributed by atoms with van der Waals surface area (Å²) in [6.07, 6.45) is 4.18. The highest BCUT2D eigenvalue weighted by atomic mass is 16.5. The molecule has 0 bridgehead atoms. The number of benzene rings is 1. The van der Waals surface area contributed by atoms with Crippen LogP contribution in [0.3, 0.4) is 0 Å². The van der Waals surface area contributed by atoms with E-state index in [9.17, 15) is 14.7 Å². The monoisotopic (exact) mass is 488 g/mol. The summed E-state index contributed by atoms with van der Waals surface area (Å²) >= 11 is 0. The molecule has 2 aromatic heterocycles. The van der Waals surface area contributed by atoms with Crippen LogP contribution in [-0.2, 0) is 9.59 Å². The number of aryl methyl sites for hydroxylation is 2. The first-order valence-corrected chi connectivity index (χ1v) is 12.0. The van der Waals surface area contributed by atoms with Gasteiger partial charge in [0.15, 0.2) is 5.76 Å². The fourth-order valence-electron chi connectivity index (χ4n) is 4.62. The summed E-state index contributed by atoms with van der Waals surface area (Å²) in [4.78, 5) is 34.8. The third-order valence-electron chi connectivity index (χ3n) is 6.39. The minimum absolute atomic E-state index is 0.0369. The topological polar surface area (TPSA) is 87.4 Å². The fraction of sp³-hybridized carbons (Fsp3) is 0.321. The van der Waals surface area contributed by atoms with Gasteiger partial charge in [0, 0.05) is 12.7 Å². The lowest BCUT2D eigenvalue weighted by Crippen LogP contribution is -2.32. The van der Waals surface area contributed by atoms with Gasteiger partial charge in [-0.3, -0.25) is 9.59 Å². The maximum absolute atomic E-state index is 13.4. The predicted molar refractivity (Wildman–Crippen MR) is 139 cm³/mol. The first-order valence-electron chi connectivity index (χ1n) is 12.0. The Kier molecular flexibility index (Phi) is 7.26. The molecule has 1 aromatic carbocycles. The molecule has 4 rings (SSSR count). The average molecular weight is 489 g/mol. The van der Waals surface area contributed by atoms with E-state index < -0.39 is 17.7 Å². The van der Waals surface area contributed by atoms with Crippen LogP contribution in [0, 0.1) is 13.8 Å². The molecule has 1 atom stereocenters. The molecule has 1 aliphatic rings. The van der Waals surface area contributed by atoms with Crippen molar-refractivity contribution >= 4 is 23.1 Å². The molecule has 1 saturated heterocycles. The van der Waals surface area contributed by atoms with Crippen molar-refractivity contribution in [1.29, 1.82) is 0 Å². The number of carbonyl (C=O) groups excluding carboxylic acids is 2. The Hall–Kier alpha value is -3.91. The molecule has 188 valence electrons. The Labute approximate surface area is 211 Å². The second-order valence-corrected chi connectivity index (χ2v) is 9.25. The SMILES string of the molecule is C=CCOc1cccc(C2/C(=C(\O)c3nc4c(C)cccn4c3C)C(=O)C(=O)N2CCCN(C)C)c1. The van der Waals surface area contributed by atoms with Gasteiger partial charge in [-0.15, -0.1) is 0 Å². The Morgan fingerprint density at radius 3 is 2.69 bits per heavy atom. The number of hydrogen-bond donors (Lipinski definition) is 1. The van der Waals surface area contributed by atoms with E-state index >= 15 is 0 Å². The van der Waals surface area contributed by atoms with Crippen molar-refractivity contribution in [3.8, 4) is 5.75 Å². The van der Waals surface area contributed by atoms with Crippen molar-refractivity contribution in [2.75, 3.05) is 33.8 Å². The van der Waals surface area contributed by atoms with E-state index in [1.165, 1.54) is 0 Å². The molecular formula is C28H32N4O4. The molecule has 1 N–H and O–H groups in total. The van der Waals surface area contributed by atoms with E-state index in [0.717, 1.165) is 12.1 Å². The molecule has 8 nitrogen and oxygen atoms in total. The van der Waals surface area contributed by atoms with Crippen molar-refractivity contribution in [3.05, 3.63) is 83.3 Å². The van der Waals surface area contributed by atoms with E-state index in [4.69, 9.17) is 4.74 Å². The third kappa shape index (κ3) is 4.64. The lowest BCUT2D eigenvalue weighted by molar-refractivity contribution is -0.139. The molecule has 1 amide bonds. The summed E-state index contributed by atoms with van der Waals surface area (Å²) in [7, 11) is 3.92. The molecule has 1 aliphatic heterocycles. The lowest BCUT2D eigenvalue weighted by atomic mass is 9.96. The summed E-state index contributed by atoms with van der Waals surface area (Å²) in [5, 5.41) is 11.5. The Morgan fingerprint density at radius 2 is 2.00 bits per heavy atom. The molecule has 36 heavy (non-hydrogen) atoms. The number of likely N-dealkylation sites (tertiary alicyclic amines) is 1. The molecule has 0 radical (unpaired) electrons. The van der Waals surface area contributed by atoms with Gasteiger partial charge in [0.1, 0.15) is 23.7 Å². The maximum Gasteiger partial charge on any atom is 0.295 e. The number of pyridine rings is 1. The van der Waals surface area contributed by atoms with E-state index in [0.29, 0.717) is 47.9 Å². The van der Waals surface area contributed by atoms with Crippen molar-refractivity contribution < 1.29 is 19.4 Å². The van der Waals surface area contributed by atoms with Gasteiger partial charge in [0.2, 0.25) is 0 Å². The first-order chi connectivity index (χ1) is 17.2. The highest BCUT2D eigenvalue weighted by molar-refractivity contribution is 6.46. The van der Waals surface area contributed by atoms with E-state index in [-0.39, 0.29) is 11.3 Å². The van der Waals surface area contributed by atoms with Crippen LogP contribution in [0.15, 0.2) is 60.8 Å². The number of aromatic nitrogens is 2. The standard InChI is InChI=1S/C28H32N4O4/c1-6-16-36-21-12-7-11-20(17-21)24-22(26(34)28(35)32(24)15-9-13-30(4)5)25(33)23-19(3)31-14-8-10-18(2)27(31)29-23/h6-8,10-12,14,17,24,33H,1,9,13,15-16H2,2-5H3/b25-22+. The number of hydrogen-bond acceptors (Lipinski definition) is 6. The van der Waals surface area contributed by atoms with Crippen molar-refractivity contribution in [3.63, 3.8) is 0 Å². The summed E-state index contributed by atoms with van der Waals surface area (Å²) in [6, 6.07) is 10.3. The normalized spacial score (nSPS) is 17.4. The minimum atomic E-state index is -0.759. The fourth-order valence-corrected chi connectivity index (χ4v) is 4.62. The number of ether oxygens (including phenoxy) is 1. The maximum atomic E-state index is 13.4. The quantitative estimate of drug-likeness (QED) is 0.213. The number of aliphatic hydroxyl groups is 1. The van der Waals surface area contributed by atoms with Crippen LogP contribution in [-0.4, -0.2) is 69.8 Å². The number of amides is 1. The smallest absolute Gasteiger partial charge is 0.295 e. The van der Waals surface area contributed by atoms with E-state index in [1.54, 1.807) is 23.1 Å². The zero-order valence-corrected chi connectivity index (χ0v) is 21.2. The Bertz CT molecular complexity index is 1350. The third-order valence-corrected chi connectivity index (χ3v) is 6.39. The molecule has 8 heteroatoms. The molecule has 0 saturated carbocycles. The first kappa shape index (κ1) is 25.2. The second kappa shape index (κ2) is 10.4. The van der Waals surface area contributed by atoms with Gasteiger partial charge in [0.25, 0.3) is 11.7 Å². The van der Waals surface area contributed by atoms with Gasteiger partial charge in [-0.25, -0.2) is 4.98 Å². The molecule has 3 heterocycles. The van der Waals surface area contributed by atoms with Gasteiger partial charge in [-0.05, 0) is 70.2 Å². The summed E-state index contributed by atoms with van der Waals surface area (Å²) in [5.74, 6) is -1.03. The number of carbonyl (C=O) groups is 2. The molecule has 1 fully saturated rings. The largest absolute Gasteiger partial charge is 0.505 e. The lowest BCUT2D eigenvalue weighted by Gasteiger charge is -2.26. The Balaban J connectivity index is 1.86. The number of imidazole rings is 1. The van der Waals surface area contributed by atoms with Crippen LogP contribution in [0.25, 0.3) is 11.4 Å². The highest BCUT2D eigenvalue weighted by Gasteiger charge is 2.46. The summed E-state index contributed by atoms with van der Waals surface area (Å²) in [5.41, 5.74) is 3.32. The molecule has 1 unspecified atom stereocenters. The predicted octanol–water partition coefficient (Wildman–Crippen LogP) is 3.89. The number of nitrogens with zero attached hydrogens (tertiary/aromatic N) is 4. The number of ketones is 1. The molecular weight excluding hydrogens is 456 g/mol. The van der Waals surface area contributed by atoms with Crippen LogP contribution >= 0.6 is 0 Å². The van der Waals surface area contributed by atoms with Crippen LogP contribution in [0.5, 0.6) is 5.75 Å². The molecule has 0 aliphatic carbocycles. The second-order valence-electron chi connectivity index (χ2n) is 9.25. The average Bonchev–Trinajstić information content (AvgIpc) is 3.32. The van der Waals surface area contributed by atoms with E-state index in [2.05, 4.69) is 11.6 Å². The highest BCUT2D eigenvalue weighted by Crippen LogP contribution is 2.40. The number of Topliss-reactive ketones (excluding diaryl/α,β-unsaturated/α-hetero) is 1. The van der Waals surface area contributed by atoms with Gasteiger partial charge >= 0.3 is 0 Å². The zero-order chi connectivity index (χ0) is 26.0. The van der Waals surface area contributed by atoms with Crippen molar-refractivity contribution in [2.45, 2.75) is 26.3 Å².